The number of hydrogen-bond acceptors (Lipinski definition) is 4. The van der Waals surface area contributed by atoms with Gasteiger partial charge in [-0.1, -0.05) is 17.8 Å². The van der Waals surface area contributed by atoms with Gasteiger partial charge in [0.15, 0.2) is 0 Å². The second kappa shape index (κ2) is 6.67. The van der Waals surface area contributed by atoms with Crippen LogP contribution in [0.2, 0.25) is 0 Å². The minimum Gasteiger partial charge on any atom is -0.406 e. The fourth-order valence-corrected chi connectivity index (χ4v) is 3.30. The first-order valence-corrected chi connectivity index (χ1v) is 7.91. The van der Waals surface area contributed by atoms with Gasteiger partial charge in [0.25, 0.3) is 5.91 Å². The van der Waals surface area contributed by atoms with Crippen molar-refractivity contribution in [3.8, 4) is 5.75 Å². The summed E-state index contributed by atoms with van der Waals surface area (Å²) in [7, 11) is 1.49. The van der Waals surface area contributed by atoms with Crippen molar-refractivity contribution < 1.29 is 22.7 Å². The number of hydrogen-bond donors (Lipinski definition) is 2. The molecule has 130 valence electrons. The van der Waals surface area contributed by atoms with Crippen molar-refractivity contribution in [2.24, 2.45) is 0 Å². The van der Waals surface area contributed by atoms with Crippen LogP contribution in [0.25, 0.3) is 11.0 Å². The van der Waals surface area contributed by atoms with E-state index in [-0.39, 0.29) is 11.7 Å². The second-order valence-corrected chi connectivity index (χ2v) is 6.02. The van der Waals surface area contributed by atoms with Crippen molar-refractivity contribution in [2.75, 3.05) is 7.05 Å². The second-order valence-electron chi connectivity index (χ2n) is 4.93. The molecule has 0 aliphatic heterocycles. The Kier molecular flexibility index (Phi) is 4.58. The Hall–Kier alpha value is -2.68. The number of aromatic amines is 1. The number of nitrogens with zero attached hydrogens (tertiary/aromatic N) is 1. The van der Waals surface area contributed by atoms with E-state index >= 15 is 0 Å². The minimum atomic E-state index is -4.76. The Bertz CT molecular complexity index is 924. The lowest BCUT2D eigenvalue weighted by Crippen LogP contribution is -2.18. The number of alkyl halides is 3. The van der Waals surface area contributed by atoms with Crippen molar-refractivity contribution in [1.82, 2.24) is 15.3 Å². The van der Waals surface area contributed by atoms with Crippen molar-refractivity contribution in [3.05, 3.63) is 48.3 Å². The standard InChI is InChI=1S/C16H12F3N3O2S/c1-20-15(23)13-14(12-11(22-13)6-3-7-21-12)25-10-5-2-4-9(8-10)24-16(17,18)19/h2-8,22H,1H3,(H,20,23). The van der Waals surface area contributed by atoms with Gasteiger partial charge in [0.2, 0.25) is 0 Å². The molecule has 0 saturated heterocycles. The van der Waals surface area contributed by atoms with Crippen LogP contribution in [0.15, 0.2) is 52.4 Å². The predicted octanol–water partition coefficient (Wildman–Crippen LogP) is 3.97. The van der Waals surface area contributed by atoms with E-state index in [1.807, 2.05) is 0 Å². The van der Waals surface area contributed by atoms with E-state index < -0.39 is 6.36 Å². The lowest BCUT2D eigenvalue weighted by atomic mass is 10.3. The summed E-state index contributed by atoms with van der Waals surface area (Å²) in [5.74, 6) is -0.671. The van der Waals surface area contributed by atoms with Crippen LogP contribution in [0.5, 0.6) is 5.75 Å². The first-order valence-electron chi connectivity index (χ1n) is 7.10. The number of H-pyrrole nitrogens is 1. The highest BCUT2D eigenvalue weighted by Gasteiger charge is 2.31. The summed E-state index contributed by atoms with van der Waals surface area (Å²) in [6, 6.07) is 9.04. The van der Waals surface area contributed by atoms with Crippen LogP contribution < -0.4 is 10.1 Å². The third kappa shape index (κ3) is 3.87. The molecular weight excluding hydrogens is 355 g/mol. The number of carbonyl (C=O) groups is 1. The number of halogens is 3. The number of aromatic nitrogens is 2. The number of carbonyl (C=O) groups excluding carboxylic acids is 1. The molecule has 25 heavy (non-hydrogen) atoms. The fourth-order valence-electron chi connectivity index (χ4n) is 2.23. The van der Waals surface area contributed by atoms with Gasteiger partial charge in [0.05, 0.1) is 10.4 Å². The van der Waals surface area contributed by atoms with Crippen LogP contribution in [0.1, 0.15) is 10.5 Å². The number of fused-ring (bicyclic) bond motifs is 1. The summed E-state index contributed by atoms with van der Waals surface area (Å²) in [6.45, 7) is 0. The van der Waals surface area contributed by atoms with Crippen molar-refractivity contribution in [1.29, 1.82) is 0 Å². The summed E-state index contributed by atoms with van der Waals surface area (Å²) in [6.07, 6.45) is -3.18. The third-order valence-corrected chi connectivity index (χ3v) is 4.31. The molecule has 0 aliphatic rings. The molecule has 0 aliphatic carbocycles. The number of ether oxygens (including phenoxy) is 1. The molecule has 0 unspecified atom stereocenters. The maximum atomic E-state index is 12.4. The number of pyridine rings is 1. The van der Waals surface area contributed by atoms with Gasteiger partial charge in [0, 0.05) is 18.1 Å². The van der Waals surface area contributed by atoms with Gasteiger partial charge in [-0.25, -0.2) is 0 Å². The van der Waals surface area contributed by atoms with Gasteiger partial charge in [-0.2, -0.15) is 0 Å². The first kappa shape index (κ1) is 17.2. The van der Waals surface area contributed by atoms with Crippen LogP contribution in [-0.4, -0.2) is 29.3 Å². The quantitative estimate of drug-likeness (QED) is 0.732. The van der Waals surface area contributed by atoms with E-state index in [2.05, 4.69) is 20.0 Å². The summed E-state index contributed by atoms with van der Waals surface area (Å²) < 4.78 is 41.1. The molecule has 0 atom stereocenters. The van der Waals surface area contributed by atoms with Crippen LogP contribution in [-0.2, 0) is 0 Å². The van der Waals surface area contributed by atoms with Crippen molar-refractivity contribution in [3.63, 3.8) is 0 Å². The molecule has 3 rings (SSSR count). The molecule has 0 radical (unpaired) electrons. The molecule has 2 aromatic heterocycles. The molecule has 0 fully saturated rings. The largest absolute Gasteiger partial charge is 0.573 e. The average molecular weight is 367 g/mol. The number of benzene rings is 1. The van der Waals surface area contributed by atoms with Gasteiger partial charge in [0.1, 0.15) is 17.0 Å². The molecular formula is C16H12F3N3O2S. The van der Waals surface area contributed by atoms with Crippen LogP contribution in [0, 0.1) is 0 Å². The molecule has 1 aromatic carbocycles. The van der Waals surface area contributed by atoms with Gasteiger partial charge in [-0.15, -0.1) is 13.2 Å². The molecule has 9 heteroatoms. The van der Waals surface area contributed by atoms with Gasteiger partial charge < -0.3 is 15.0 Å². The monoisotopic (exact) mass is 367 g/mol. The fraction of sp³-hybridized carbons (Fsp3) is 0.125. The molecule has 0 bridgehead atoms. The zero-order valence-corrected chi connectivity index (χ0v) is 13.7. The summed E-state index contributed by atoms with van der Waals surface area (Å²) in [5.41, 5.74) is 1.52. The van der Waals surface area contributed by atoms with Crippen LogP contribution in [0.3, 0.4) is 0 Å². The highest BCUT2D eigenvalue weighted by atomic mass is 32.2. The lowest BCUT2D eigenvalue weighted by molar-refractivity contribution is -0.274. The third-order valence-electron chi connectivity index (χ3n) is 3.22. The zero-order chi connectivity index (χ0) is 18.0. The summed E-state index contributed by atoms with van der Waals surface area (Å²) in [4.78, 5) is 20.3. The van der Waals surface area contributed by atoms with E-state index in [1.165, 1.54) is 25.2 Å². The molecule has 0 spiro atoms. The average Bonchev–Trinajstić information content (AvgIpc) is 2.92. The zero-order valence-electron chi connectivity index (χ0n) is 12.8. The highest BCUT2D eigenvalue weighted by molar-refractivity contribution is 7.99. The molecule has 2 N–H and O–H groups in total. The number of nitrogens with one attached hydrogen (secondary N) is 2. The van der Waals surface area contributed by atoms with Crippen molar-refractivity contribution in [2.45, 2.75) is 16.2 Å². The Morgan fingerprint density at radius 3 is 2.80 bits per heavy atom. The van der Waals surface area contributed by atoms with E-state index in [0.29, 0.717) is 26.5 Å². The Morgan fingerprint density at radius 1 is 1.28 bits per heavy atom. The van der Waals surface area contributed by atoms with Gasteiger partial charge in [-0.05, 0) is 30.3 Å². The molecule has 2 heterocycles. The van der Waals surface area contributed by atoms with Crippen LogP contribution in [0.4, 0.5) is 13.2 Å². The topological polar surface area (TPSA) is 67.0 Å². The SMILES string of the molecule is CNC(=O)c1[nH]c2cccnc2c1Sc1cccc(OC(F)(F)F)c1. The highest BCUT2D eigenvalue weighted by Crippen LogP contribution is 2.37. The van der Waals surface area contributed by atoms with Gasteiger partial charge in [-0.3, -0.25) is 9.78 Å². The van der Waals surface area contributed by atoms with E-state index in [1.54, 1.807) is 24.4 Å². The summed E-state index contributed by atoms with van der Waals surface area (Å²) in [5, 5.41) is 2.53. The predicted molar refractivity (Wildman–Crippen MR) is 86.7 cm³/mol. The smallest absolute Gasteiger partial charge is 0.406 e. The number of amides is 1. The molecule has 3 aromatic rings. The van der Waals surface area contributed by atoms with Crippen LogP contribution >= 0.6 is 11.8 Å². The van der Waals surface area contributed by atoms with Gasteiger partial charge >= 0.3 is 6.36 Å². The maximum Gasteiger partial charge on any atom is 0.573 e. The van der Waals surface area contributed by atoms with E-state index in [0.717, 1.165) is 11.8 Å². The minimum absolute atomic E-state index is 0.295. The Labute approximate surface area is 144 Å². The van der Waals surface area contributed by atoms with E-state index in [4.69, 9.17) is 0 Å². The Balaban J connectivity index is 2.00. The van der Waals surface area contributed by atoms with E-state index in [9.17, 15) is 18.0 Å². The lowest BCUT2D eigenvalue weighted by Gasteiger charge is -2.10. The summed E-state index contributed by atoms with van der Waals surface area (Å²) >= 11 is 1.13. The van der Waals surface area contributed by atoms with Crippen molar-refractivity contribution >= 4 is 28.7 Å². The Morgan fingerprint density at radius 2 is 2.08 bits per heavy atom. The maximum absolute atomic E-state index is 12.4. The molecule has 1 amide bonds. The molecule has 0 saturated carbocycles. The normalized spacial score (nSPS) is 11.5. The molecule has 5 nitrogen and oxygen atoms in total. The number of rotatable bonds is 4. The first-order chi connectivity index (χ1) is 11.9.